The normalized spacial score (nSPS) is 11.6. The molecule has 0 saturated heterocycles. The second-order valence-electron chi connectivity index (χ2n) is 4.01. The largest absolute Gasteiger partial charge is 0.332 e. The first-order valence-corrected chi connectivity index (χ1v) is 5.78. The summed E-state index contributed by atoms with van der Waals surface area (Å²) < 4.78 is 16.7. The maximum atomic E-state index is 13.7. The molecule has 1 aromatic carbocycles. The standard InChI is InChI=1S/C12H13BrFN/c1-7(2)15-10-6-4-5-9(14)11(10)8(3)12(15)13/h4-7H,1-3H3. The molecule has 1 aromatic heterocycles. The third-order valence-corrected chi connectivity index (χ3v) is 3.64. The summed E-state index contributed by atoms with van der Waals surface area (Å²) in [7, 11) is 0. The van der Waals surface area contributed by atoms with Gasteiger partial charge in [0.15, 0.2) is 0 Å². The van der Waals surface area contributed by atoms with Crippen molar-refractivity contribution >= 4 is 26.8 Å². The molecule has 0 N–H and O–H groups in total. The van der Waals surface area contributed by atoms with Gasteiger partial charge in [0.25, 0.3) is 0 Å². The first-order valence-electron chi connectivity index (χ1n) is 4.98. The molecule has 0 saturated carbocycles. The molecule has 15 heavy (non-hydrogen) atoms. The van der Waals surface area contributed by atoms with E-state index in [1.807, 2.05) is 13.0 Å². The van der Waals surface area contributed by atoms with Gasteiger partial charge in [-0.15, -0.1) is 0 Å². The molecule has 0 atom stereocenters. The molecule has 1 nitrogen and oxygen atoms in total. The zero-order valence-electron chi connectivity index (χ0n) is 9.01. The summed E-state index contributed by atoms with van der Waals surface area (Å²) in [6.07, 6.45) is 0. The molecule has 0 bridgehead atoms. The molecule has 0 aliphatic carbocycles. The van der Waals surface area contributed by atoms with Crippen LogP contribution in [0.15, 0.2) is 22.8 Å². The molecule has 0 amide bonds. The van der Waals surface area contributed by atoms with Crippen molar-refractivity contribution in [1.82, 2.24) is 4.57 Å². The number of aryl methyl sites for hydroxylation is 1. The van der Waals surface area contributed by atoms with Crippen molar-refractivity contribution in [2.24, 2.45) is 0 Å². The highest BCUT2D eigenvalue weighted by molar-refractivity contribution is 9.10. The number of halogens is 2. The maximum Gasteiger partial charge on any atom is 0.132 e. The van der Waals surface area contributed by atoms with E-state index in [2.05, 4.69) is 34.3 Å². The molecular weight excluding hydrogens is 257 g/mol. The molecule has 0 spiro atoms. The number of fused-ring (bicyclic) bond motifs is 1. The summed E-state index contributed by atoms with van der Waals surface area (Å²) in [5.74, 6) is -0.148. The molecule has 2 rings (SSSR count). The zero-order chi connectivity index (χ0) is 11.2. The predicted molar refractivity (Wildman–Crippen MR) is 64.7 cm³/mol. The Hall–Kier alpha value is -0.830. The Morgan fingerprint density at radius 3 is 2.60 bits per heavy atom. The minimum atomic E-state index is -0.148. The average molecular weight is 270 g/mol. The summed E-state index contributed by atoms with van der Waals surface area (Å²) in [4.78, 5) is 0. The molecular formula is C12H13BrFN. The monoisotopic (exact) mass is 269 g/mol. The van der Waals surface area contributed by atoms with Gasteiger partial charge in [0.1, 0.15) is 5.82 Å². The lowest BCUT2D eigenvalue weighted by molar-refractivity contribution is 0.609. The van der Waals surface area contributed by atoms with Gasteiger partial charge in [-0.05, 0) is 54.4 Å². The fourth-order valence-corrected chi connectivity index (χ4v) is 2.78. The van der Waals surface area contributed by atoms with E-state index in [9.17, 15) is 4.39 Å². The van der Waals surface area contributed by atoms with E-state index in [0.29, 0.717) is 6.04 Å². The van der Waals surface area contributed by atoms with Gasteiger partial charge in [-0.25, -0.2) is 4.39 Å². The van der Waals surface area contributed by atoms with Gasteiger partial charge in [-0.3, -0.25) is 0 Å². The lowest BCUT2D eigenvalue weighted by Crippen LogP contribution is -2.00. The van der Waals surface area contributed by atoms with Crippen LogP contribution in [-0.4, -0.2) is 4.57 Å². The van der Waals surface area contributed by atoms with Crippen LogP contribution in [0.2, 0.25) is 0 Å². The zero-order valence-corrected chi connectivity index (χ0v) is 10.6. The molecule has 0 unspecified atom stereocenters. The Kier molecular flexibility index (Phi) is 2.59. The van der Waals surface area contributed by atoms with E-state index in [0.717, 1.165) is 21.1 Å². The van der Waals surface area contributed by atoms with Crippen molar-refractivity contribution in [3.05, 3.63) is 34.2 Å². The molecule has 3 heteroatoms. The topological polar surface area (TPSA) is 4.93 Å². The lowest BCUT2D eigenvalue weighted by Gasteiger charge is -2.11. The van der Waals surface area contributed by atoms with Gasteiger partial charge < -0.3 is 4.57 Å². The number of hydrogen-bond acceptors (Lipinski definition) is 0. The Morgan fingerprint density at radius 1 is 1.33 bits per heavy atom. The smallest absolute Gasteiger partial charge is 0.132 e. The van der Waals surface area contributed by atoms with E-state index in [1.165, 1.54) is 6.07 Å². The van der Waals surface area contributed by atoms with Gasteiger partial charge in [0, 0.05) is 11.4 Å². The van der Waals surface area contributed by atoms with Crippen molar-refractivity contribution in [3.8, 4) is 0 Å². The molecule has 0 aliphatic rings. The van der Waals surface area contributed by atoms with Gasteiger partial charge in [0.05, 0.1) is 10.1 Å². The molecule has 80 valence electrons. The second kappa shape index (κ2) is 3.63. The van der Waals surface area contributed by atoms with Crippen LogP contribution in [0.1, 0.15) is 25.5 Å². The molecule has 2 aromatic rings. The van der Waals surface area contributed by atoms with Crippen molar-refractivity contribution in [2.75, 3.05) is 0 Å². The number of rotatable bonds is 1. The first-order chi connectivity index (χ1) is 7.04. The predicted octanol–water partition coefficient (Wildman–Crippen LogP) is 4.43. The second-order valence-corrected chi connectivity index (χ2v) is 4.76. The maximum absolute atomic E-state index is 13.7. The highest BCUT2D eigenvalue weighted by atomic mass is 79.9. The summed E-state index contributed by atoms with van der Waals surface area (Å²) >= 11 is 3.52. The Bertz CT molecular complexity index is 514. The van der Waals surface area contributed by atoms with E-state index in [1.54, 1.807) is 6.07 Å². The third-order valence-electron chi connectivity index (χ3n) is 2.66. The van der Waals surface area contributed by atoms with Crippen LogP contribution < -0.4 is 0 Å². The first kappa shape index (κ1) is 10.7. The minimum Gasteiger partial charge on any atom is -0.332 e. The number of nitrogens with zero attached hydrogens (tertiary/aromatic N) is 1. The number of hydrogen-bond donors (Lipinski definition) is 0. The fraction of sp³-hybridized carbons (Fsp3) is 0.333. The third kappa shape index (κ3) is 1.49. The Morgan fingerprint density at radius 2 is 2.00 bits per heavy atom. The summed E-state index contributed by atoms with van der Waals surface area (Å²) in [6, 6.07) is 5.53. The fourth-order valence-electron chi connectivity index (χ4n) is 1.98. The van der Waals surface area contributed by atoms with Gasteiger partial charge in [-0.2, -0.15) is 0 Å². The SMILES string of the molecule is Cc1c(Br)n(C(C)C)c2cccc(F)c12. The minimum absolute atomic E-state index is 0.148. The van der Waals surface area contributed by atoms with E-state index in [4.69, 9.17) is 0 Å². The van der Waals surface area contributed by atoms with Crippen LogP contribution in [0, 0.1) is 12.7 Å². The molecule has 1 heterocycles. The number of aromatic nitrogens is 1. The summed E-state index contributed by atoms with van der Waals surface area (Å²) in [6.45, 7) is 6.12. The van der Waals surface area contributed by atoms with Crippen LogP contribution in [0.3, 0.4) is 0 Å². The van der Waals surface area contributed by atoms with Crippen molar-refractivity contribution in [2.45, 2.75) is 26.8 Å². The van der Waals surface area contributed by atoms with E-state index in [-0.39, 0.29) is 5.82 Å². The average Bonchev–Trinajstić information content (AvgIpc) is 2.41. The highest BCUT2D eigenvalue weighted by Gasteiger charge is 2.16. The van der Waals surface area contributed by atoms with Gasteiger partial charge in [-0.1, -0.05) is 6.07 Å². The molecule has 0 fully saturated rings. The van der Waals surface area contributed by atoms with Crippen LogP contribution in [0.4, 0.5) is 4.39 Å². The molecule has 0 radical (unpaired) electrons. The van der Waals surface area contributed by atoms with Crippen LogP contribution in [0.5, 0.6) is 0 Å². The van der Waals surface area contributed by atoms with Crippen LogP contribution >= 0.6 is 15.9 Å². The van der Waals surface area contributed by atoms with Crippen LogP contribution in [0.25, 0.3) is 10.9 Å². The summed E-state index contributed by atoms with van der Waals surface area (Å²) in [5, 5.41) is 0.720. The van der Waals surface area contributed by atoms with E-state index < -0.39 is 0 Å². The number of benzene rings is 1. The Labute approximate surface area is 97.0 Å². The Balaban J connectivity index is 2.94. The quantitative estimate of drug-likeness (QED) is 0.722. The summed E-state index contributed by atoms with van der Waals surface area (Å²) in [5.41, 5.74) is 1.92. The van der Waals surface area contributed by atoms with Crippen molar-refractivity contribution in [3.63, 3.8) is 0 Å². The van der Waals surface area contributed by atoms with Crippen LogP contribution in [-0.2, 0) is 0 Å². The van der Waals surface area contributed by atoms with Crippen molar-refractivity contribution < 1.29 is 4.39 Å². The van der Waals surface area contributed by atoms with Gasteiger partial charge >= 0.3 is 0 Å². The van der Waals surface area contributed by atoms with Gasteiger partial charge in [0.2, 0.25) is 0 Å². The van der Waals surface area contributed by atoms with E-state index >= 15 is 0 Å². The molecule has 0 aliphatic heterocycles. The van der Waals surface area contributed by atoms with Crippen molar-refractivity contribution in [1.29, 1.82) is 0 Å². The highest BCUT2D eigenvalue weighted by Crippen LogP contribution is 2.33. The lowest BCUT2D eigenvalue weighted by atomic mass is 10.2.